The smallest absolute Gasteiger partial charge is 0.0553 e. The minimum absolute atomic E-state index is 1.16. The van der Waals surface area contributed by atoms with Crippen molar-refractivity contribution >= 4 is 54.4 Å². The molecule has 250 valence electrons. The van der Waals surface area contributed by atoms with Crippen LogP contribution < -0.4 is 0 Å². The van der Waals surface area contributed by atoms with Gasteiger partial charge in [-0.25, -0.2) is 0 Å². The van der Waals surface area contributed by atoms with Gasteiger partial charge < -0.3 is 9.13 Å². The van der Waals surface area contributed by atoms with Crippen LogP contribution in [0.25, 0.3) is 110 Å². The third kappa shape index (κ3) is 4.11. The first-order valence-corrected chi connectivity index (χ1v) is 18.7. The molecule has 9 aromatic carbocycles. The van der Waals surface area contributed by atoms with Gasteiger partial charge in [0.1, 0.15) is 0 Å². The lowest BCUT2D eigenvalue weighted by molar-refractivity contribution is 1.18. The van der Waals surface area contributed by atoms with E-state index in [0.29, 0.717) is 0 Å². The Morgan fingerprint density at radius 1 is 0.241 bits per heavy atom. The molecule has 2 nitrogen and oxygen atoms in total. The Balaban J connectivity index is 1.09. The van der Waals surface area contributed by atoms with Crippen LogP contribution in [0.3, 0.4) is 0 Å². The number of aromatic nitrogens is 2. The van der Waals surface area contributed by atoms with Gasteiger partial charge in [0, 0.05) is 32.9 Å². The van der Waals surface area contributed by atoms with Crippen molar-refractivity contribution in [2.24, 2.45) is 0 Å². The minimum atomic E-state index is 1.16. The maximum atomic E-state index is 2.46. The number of fused-ring (bicyclic) bond motifs is 10. The summed E-state index contributed by atoms with van der Waals surface area (Å²) in [5, 5.41) is 7.75. The van der Waals surface area contributed by atoms with Crippen molar-refractivity contribution in [2.75, 3.05) is 0 Å². The molecule has 2 heteroatoms. The van der Waals surface area contributed by atoms with Gasteiger partial charge in [-0.3, -0.25) is 0 Å². The number of hydrogen-bond acceptors (Lipinski definition) is 0. The summed E-state index contributed by atoms with van der Waals surface area (Å²) >= 11 is 0. The van der Waals surface area contributed by atoms with Crippen LogP contribution in [-0.4, -0.2) is 9.13 Å². The molecule has 2 aromatic heterocycles. The third-order valence-corrected chi connectivity index (χ3v) is 11.6. The Kier molecular flexibility index (Phi) is 6.09. The van der Waals surface area contributed by atoms with Gasteiger partial charge in [-0.15, -0.1) is 0 Å². The summed E-state index contributed by atoms with van der Waals surface area (Å²) in [5.41, 5.74) is 17.3. The molecule has 1 aliphatic rings. The largest absolute Gasteiger partial charge is 0.309 e. The summed E-state index contributed by atoms with van der Waals surface area (Å²) in [7, 11) is 0. The normalized spacial score (nSPS) is 12.1. The molecule has 0 N–H and O–H groups in total. The Morgan fingerprint density at radius 2 is 0.778 bits per heavy atom. The predicted octanol–water partition coefficient (Wildman–Crippen LogP) is 14.0. The highest BCUT2D eigenvalue weighted by molar-refractivity contribution is 6.29. The van der Waals surface area contributed by atoms with Crippen molar-refractivity contribution in [3.63, 3.8) is 0 Å². The second-order valence-electron chi connectivity index (χ2n) is 14.5. The summed E-state index contributed by atoms with van der Waals surface area (Å²) in [6.45, 7) is 0. The second kappa shape index (κ2) is 11.2. The highest BCUT2D eigenvalue weighted by Gasteiger charge is 2.25. The Hall–Kier alpha value is -7.16. The van der Waals surface area contributed by atoms with Crippen LogP contribution in [0.15, 0.2) is 194 Å². The molecule has 0 amide bonds. The van der Waals surface area contributed by atoms with Crippen molar-refractivity contribution in [3.8, 4) is 55.9 Å². The highest BCUT2D eigenvalue weighted by Crippen LogP contribution is 2.51. The zero-order valence-electron chi connectivity index (χ0n) is 29.4. The van der Waals surface area contributed by atoms with Gasteiger partial charge in [0.25, 0.3) is 0 Å². The van der Waals surface area contributed by atoms with Crippen molar-refractivity contribution in [1.82, 2.24) is 9.13 Å². The zero-order valence-corrected chi connectivity index (χ0v) is 29.4. The van der Waals surface area contributed by atoms with Gasteiger partial charge in [0.2, 0.25) is 0 Å². The van der Waals surface area contributed by atoms with Crippen LogP contribution in [0.2, 0.25) is 0 Å². The molecular weight excluding hydrogens is 653 g/mol. The molecule has 0 fully saturated rings. The molecule has 0 saturated heterocycles. The number of hydrogen-bond donors (Lipinski definition) is 0. The Morgan fingerprint density at radius 3 is 1.59 bits per heavy atom. The van der Waals surface area contributed by atoms with Gasteiger partial charge in [0.05, 0.1) is 22.1 Å². The molecule has 0 saturated carbocycles. The van der Waals surface area contributed by atoms with E-state index in [1.165, 1.54) is 105 Å². The van der Waals surface area contributed by atoms with E-state index in [9.17, 15) is 0 Å². The van der Waals surface area contributed by atoms with Crippen LogP contribution >= 0.6 is 0 Å². The minimum Gasteiger partial charge on any atom is -0.309 e. The molecular formula is C52H32N2. The molecule has 0 radical (unpaired) electrons. The molecule has 54 heavy (non-hydrogen) atoms. The molecule has 0 bridgehead atoms. The van der Waals surface area contributed by atoms with E-state index in [4.69, 9.17) is 0 Å². The number of rotatable bonds is 4. The molecule has 1 aliphatic carbocycles. The van der Waals surface area contributed by atoms with Gasteiger partial charge in [0.15, 0.2) is 0 Å². The molecule has 0 atom stereocenters. The fraction of sp³-hybridized carbons (Fsp3) is 0. The van der Waals surface area contributed by atoms with Crippen LogP contribution in [0.5, 0.6) is 0 Å². The zero-order chi connectivity index (χ0) is 35.3. The first-order valence-electron chi connectivity index (χ1n) is 18.7. The summed E-state index contributed by atoms with van der Waals surface area (Å²) < 4.78 is 4.87. The topological polar surface area (TPSA) is 9.86 Å². The Bertz CT molecular complexity index is 3310. The van der Waals surface area contributed by atoms with Gasteiger partial charge >= 0.3 is 0 Å². The average Bonchev–Trinajstić information content (AvgIpc) is 3.87. The van der Waals surface area contributed by atoms with E-state index in [2.05, 4.69) is 203 Å². The van der Waals surface area contributed by atoms with E-state index >= 15 is 0 Å². The number of nitrogens with zero attached hydrogens (tertiary/aromatic N) is 2. The predicted molar refractivity (Wildman–Crippen MR) is 228 cm³/mol. The van der Waals surface area contributed by atoms with E-state index in [0.717, 1.165) is 5.69 Å². The first-order chi connectivity index (χ1) is 26.8. The second-order valence-corrected chi connectivity index (χ2v) is 14.5. The van der Waals surface area contributed by atoms with E-state index < -0.39 is 0 Å². The molecule has 2 heterocycles. The van der Waals surface area contributed by atoms with Crippen molar-refractivity contribution in [2.45, 2.75) is 0 Å². The van der Waals surface area contributed by atoms with Crippen LogP contribution in [0.4, 0.5) is 0 Å². The van der Waals surface area contributed by atoms with Crippen LogP contribution in [0.1, 0.15) is 0 Å². The van der Waals surface area contributed by atoms with Crippen LogP contribution in [0, 0.1) is 0 Å². The highest BCUT2D eigenvalue weighted by atomic mass is 15.0. The Labute approximate surface area is 312 Å². The summed E-state index contributed by atoms with van der Waals surface area (Å²) in [6.07, 6.45) is 0. The SMILES string of the molecule is c1ccc(-c2cccc(-n3c4ccccc4c4cc(-c5ccc6c(c5)c5c7cccc8c7c(cc5n6-c5ccccc5)-c5ccccc5-8)ccc43)c2)cc1. The molecule has 0 unspecified atom stereocenters. The maximum Gasteiger partial charge on any atom is 0.0553 e. The lowest BCUT2D eigenvalue weighted by atomic mass is 9.96. The number of para-hydroxylation sites is 2. The third-order valence-electron chi connectivity index (χ3n) is 11.6. The first kappa shape index (κ1) is 29.4. The summed E-state index contributed by atoms with van der Waals surface area (Å²) in [6, 6.07) is 71.4. The van der Waals surface area contributed by atoms with Gasteiger partial charge in [-0.05, 0) is 116 Å². The summed E-state index contributed by atoms with van der Waals surface area (Å²) in [4.78, 5) is 0. The lowest BCUT2D eigenvalue weighted by Crippen LogP contribution is -1.94. The fourth-order valence-electron chi connectivity index (χ4n) is 9.30. The van der Waals surface area contributed by atoms with E-state index in [-0.39, 0.29) is 0 Å². The van der Waals surface area contributed by atoms with Crippen molar-refractivity contribution in [3.05, 3.63) is 194 Å². The average molecular weight is 685 g/mol. The van der Waals surface area contributed by atoms with Crippen molar-refractivity contribution in [1.29, 1.82) is 0 Å². The van der Waals surface area contributed by atoms with Crippen LogP contribution in [-0.2, 0) is 0 Å². The summed E-state index contributed by atoms with van der Waals surface area (Å²) in [5.74, 6) is 0. The number of benzene rings is 9. The molecule has 0 spiro atoms. The molecule has 11 aromatic rings. The molecule has 12 rings (SSSR count). The maximum absolute atomic E-state index is 2.46. The van der Waals surface area contributed by atoms with Gasteiger partial charge in [-0.1, -0.05) is 133 Å². The van der Waals surface area contributed by atoms with E-state index in [1.54, 1.807) is 0 Å². The molecule has 0 aliphatic heterocycles. The quantitative estimate of drug-likeness (QED) is 0.175. The standard InChI is InChI=1S/C52H32N2/c1-3-13-33(14-4-1)34-15-11-18-38(29-34)54-47-24-10-9-21-41(47)44-30-35(25-27-48(44)54)36-26-28-49-46(31-36)52-43-23-12-22-42-39-19-7-8-20-40(39)45(51(42)43)32-50(52)53(49)37-16-5-2-6-17-37/h1-32H. The van der Waals surface area contributed by atoms with Gasteiger partial charge in [-0.2, -0.15) is 0 Å². The fourth-order valence-corrected chi connectivity index (χ4v) is 9.30. The van der Waals surface area contributed by atoms with Crippen molar-refractivity contribution < 1.29 is 0 Å². The van der Waals surface area contributed by atoms with E-state index in [1.807, 2.05) is 0 Å². The monoisotopic (exact) mass is 684 g/mol. The lowest BCUT2D eigenvalue weighted by Gasteiger charge is -2.11.